The van der Waals surface area contributed by atoms with Crippen molar-refractivity contribution < 1.29 is 22.4 Å². The number of anilines is 1. The quantitative estimate of drug-likeness (QED) is 0.532. The first-order valence-corrected chi connectivity index (χ1v) is 9.43. The predicted octanol–water partition coefficient (Wildman–Crippen LogP) is 4.59. The molecule has 2 aromatic rings. The number of hydrogen-bond donors (Lipinski definition) is 0. The van der Waals surface area contributed by atoms with Crippen molar-refractivity contribution in [1.82, 2.24) is 4.90 Å². The van der Waals surface area contributed by atoms with Gasteiger partial charge in [0.15, 0.2) is 5.11 Å². The summed E-state index contributed by atoms with van der Waals surface area (Å²) in [5, 5.41) is -0.0781. The third-order valence-electron chi connectivity index (χ3n) is 4.53. The van der Waals surface area contributed by atoms with Crippen LogP contribution >= 0.6 is 24.0 Å². The summed E-state index contributed by atoms with van der Waals surface area (Å²) < 4.78 is 51.5. The summed E-state index contributed by atoms with van der Waals surface area (Å²) in [5.74, 6) is -0.161. The Labute approximate surface area is 161 Å². The van der Waals surface area contributed by atoms with Crippen molar-refractivity contribution in [3.05, 3.63) is 65.5 Å². The van der Waals surface area contributed by atoms with E-state index in [-0.39, 0.29) is 16.4 Å². The van der Waals surface area contributed by atoms with Gasteiger partial charge in [0, 0.05) is 5.75 Å². The maximum atomic E-state index is 13.2. The molecule has 2 saturated heterocycles. The van der Waals surface area contributed by atoms with E-state index in [1.807, 2.05) is 0 Å². The van der Waals surface area contributed by atoms with Crippen molar-refractivity contribution in [2.75, 3.05) is 10.7 Å². The molecule has 9 heteroatoms. The van der Waals surface area contributed by atoms with Crippen molar-refractivity contribution >= 4 is 40.7 Å². The molecule has 0 aliphatic carbocycles. The van der Waals surface area contributed by atoms with Gasteiger partial charge in [-0.3, -0.25) is 9.69 Å². The highest BCUT2D eigenvalue weighted by Gasteiger charge is 2.50. The lowest BCUT2D eigenvalue weighted by Gasteiger charge is -2.25. The number of fused-ring (bicyclic) bond motifs is 1. The molecule has 1 unspecified atom stereocenters. The molecule has 0 aromatic heterocycles. The SMILES string of the molecule is O=C1[C@@H]2CSC(c3ccc(C(F)(F)F)cc3)N2C(=S)N1c1ccc(F)cc1. The van der Waals surface area contributed by atoms with Crippen LogP contribution in [0.2, 0.25) is 0 Å². The molecule has 2 aliphatic heterocycles. The Balaban J connectivity index is 1.63. The van der Waals surface area contributed by atoms with Gasteiger partial charge in [-0.2, -0.15) is 13.2 Å². The number of nitrogens with zero attached hydrogens (tertiary/aromatic N) is 2. The molecular formula is C18H12F4N2OS2. The van der Waals surface area contributed by atoms with Gasteiger partial charge in [0.05, 0.1) is 11.3 Å². The molecule has 1 amide bonds. The van der Waals surface area contributed by atoms with E-state index in [1.54, 1.807) is 4.90 Å². The number of thiocarbonyl (C=S) groups is 1. The Morgan fingerprint density at radius 3 is 2.26 bits per heavy atom. The van der Waals surface area contributed by atoms with Gasteiger partial charge >= 0.3 is 6.18 Å². The minimum Gasteiger partial charge on any atom is -0.319 e. The van der Waals surface area contributed by atoms with Crippen LogP contribution in [-0.2, 0) is 11.0 Å². The Morgan fingerprint density at radius 1 is 1.04 bits per heavy atom. The summed E-state index contributed by atoms with van der Waals surface area (Å²) in [6.07, 6.45) is -4.40. The third kappa shape index (κ3) is 3.08. The van der Waals surface area contributed by atoms with Gasteiger partial charge in [0.25, 0.3) is 5.91 Å². The standard InChI is InChI=1S/C18H12F4N2OS2/c19-12-5-7-13(8-6-12)23-15(25)14-9-27-16(24(14)17(23)26)10-1-3-11(4-2-10)18(20,21)22/h1-8,14,16H,9H2/t14-,16?/m0/s1. The first-order valence-electron chi connectivity index (χ1n) is 7.98. The molecule has 140 valence electrons. The van der Waals surface area contributed by atoms with E-state index in [0.717, 1.165) is 12.1 Å². The fraction of sp³-hybridized carbons (Fsp3) is 0.222. The number of alkyl halides is 3. The smallest absolute Gasteiger partial charge is 0.319 e. The molecule has 2 heterocycles. The number of benzene rings is 2. The van der Waals surface area contributed by atoms with Gasteiger partial charge < -0.3 is 4.90 Å². The predicted molar refractivity (Wildman–Crippen MR) is 98.8 cm³/mol. The van der Waals surface area contributed by atoms with Crippen molar-refractivity contribution in [3.8, 4) is 0 Å². The van der Waals surface area contributed by atoms with Gasteiger partial charge in [0.1, 0.15) is 17.2 Å². The normalized spacial score (nSPS) is 22.5. The van der Waals surface area contributed by atoms with Gasteiger partial charge in [-0.05, 0) is 54.2 Å². The van der Waals surface area contributed by atoms with Crippen LogP contribution in [0.15, 0.2) is 48.5 Å². The maximum absolute atomic E-state index is 13.2. The van der Waals surface area contributed by atoms with E-state index >= 15 is 0 Å². The van der Waals surface area contributed by atoms with E-state index in [2.05, 4.69) is 0 Å². The number of rotatable bonds is 2. The van der Waals surface area contributed by atoms with E-state index in [1.165, 1.54) is 53.1 Å². The Hall–Kier alpha value is -2.13. The van der Waals surface area contributed by atoms with Gasteiger partial charge in [0.2, 0.25) is 0 Å². The van der Waals surface area contributed by atoms with Gasteiger partial charge in [-0.15, -0.1) is 11.8 Å². The third-order valence-corrected chi connectivity index (χ3v) is 6.24. The van der Waals surface area contributed by atoms with Crippen LogP contribution in [0, 0.1) is 5.82 Å². The van der Waals surface area contributed by atoms with Crippen LogP contribution in [-0.4, -0.2) is 27.7 Å². The van der Waals surface area contributed by atoms with Crippen LogP contribution in [0.3, 0.4) is 0 Å². The lowest BCUT2D eigenvalue weighted by Crippen LogP contribution is -2.33. The van der Waals surface area contributed by atoms with E-state index in [0.29, 0.717) is 17.0 Å². The molecule has 2 fully saturated rings. The molecular weight excluding hydrogens is 400 g/mol. The van der Waals surface area contributed by atoms with Crippen molar-refractivity contribution in [2.45, 2.75) is 17.6 Å². The van der Waals surface area contributed by atoms with Crippen LogP contribution in [0.25, 0.3) is 0 Å². The molecule has 0 N–H and O–H groups in total. The zero-order valence-corrected chi connectivity index (χ0v) is 15.2. The summed E-state index contributed by atoms with van der Waals surface area (Å²) in [7, 11) is 0. The number of thioether (sulfide) groups is 1. The zero-order chi connectivity index (χ0) is 19.3. The molecule has 0 bridgehead atoms. The first kappa shape index (κ1) is 18.2. The monoisotopic (exact) mass is 412 g/mol. The number of amides is 1. The minimum atomic E-state index is -4.40. The number of carbonyl (C=O) groups excluding carboxylic acids is 1. The van der Waals surface area contributed by atoms with Crippen LogP contribution in [0.1, 0.15) is 16.5 Å². The lowest BCUT2D eigenvalue weighted by atomic mass is 10.1. The Bertz CT molecular complexity index is 899. The summed E-state index contributed by atoms with van der Waals surface area (Å²) in [6.45, 7) is 0. The molecule has 2 atom stereocenters. The van der Waals surface area contributed by atoms with Crippen molar-refractivity contribution in [1.29, 1.82) is 0 Å². The molecule has 2 aliphatic rings. The van der Waals surface area contributed by atoms with Crippen LogP contribution in [0.5, 0.6) is 0 Å². The Kier molecular flexibility index (Phi) is 4.38. The molecule has 0 spiro atoms. The average molecular weight is 412 g/mol. The summed E-state index contributed by atoms with van der Waals surface area (Å²) in [6, 6.07) is 9.84. The number of hydrogen-bond acceptors (Lipinski definition) is 3. The first-order chi connectivity index (χ1) is 12.8. The van der Waals surface area contributed by atoms with E-state index in [4.69, 9.17) is 12.2 Å². The second-order valence-corrected chi connectivity index (χ2v) is 7.64. The maximum Gasteiger partial charge on any atom is 0.416 e. The van der Waals surface area contributed by atoms with Gasteiger partial charge in [-0.1, -0.05) is 12.1 Å². The number of halogens is 4. The highest BCUT2D eigenvalue weighted by molar-refractivity contribution is 7.99. The fourth-order valence-corrected chi connectivity index (χ4v) is 5.13. The second-order valence-electron chi connectivity index (χ2n) is 6.16. The number of carbonyl (C=O) groups is 1. The topological polar surface area (TPSA) is 23.6 Å². The second kappa shape index (κ2) is 6.49. The van der Waals surface area contributed by atoms with Crippen LogP contribution < -0.4 is 4.90 Å². The fourth-order valence-electron chi connectivity index (χ4n) is 3.21. The Morgan fingerprint density at radius 2 is 1.67 bits per heavy atom. The highest BCUT2D eigenvalue weighted by Crippen LogP contribution is 2.46. The van der Waals surface area contributed by atoms with Gasteiger partial charge in [-0.25, -0.2) is 4.39 Å². The lowest BCUT2D eigenvalue weighted by molar-refractivity contribution is -0.137. The van der Waals surface area contributed by atoms with Crippen LogP contribution in [0.4, 0.5) is 23.2 Å². The zero-order valence-electron chi connectivity index (χ0n) is 13.6. The molecule has 0 radical (unpaired) electrons. The molecule has 2 aromatic carbocycles. The average Bonchev–Trinajstić information content (AvgIpc) is 3.16. The molecule has 27 heavy (non-hydrogen) atoms. The molecule has 0 saturated carbocycles. The van der Waals surface area contributed by atoms with Crippen molar-refractivity contribution in [3.63, 3.8) is 0 Å². The van der Waals surface area contributed by atoms with E-state index < -0.39 is 23.6 Å². The summed E-state index contributed by atoms with van der Waals surface area (Å²) in [4.78, 5) is 15.9. The molecule has 3 nitrogen and oxygen atoms in total. The molecule has 4 rings (SSSR count). The summed E-state index contributed by atoms with van der Waals surface area (Å²) in [5.41, 5.74) is 0.391. The minimum absolute atomic E-state index is 0.214. The van der Waals surface area contributed by atoms with E-state index in [9.17, 15) is 22.4 Å². The largest absolute Gasteiger partial charge is 0.416 e. The highest BCUT2D eigenvalue weighted by atomic mass is 32.2. The summed E-state index contributed by atoms with van der Waals surface area (Å²) >= 11 is 6.93. The van der Waals surface area contributed by atoms with Crippen molar-refractivity contribution in [2.24, 2.45) is 0 Å².